The Labute approximate surface area is 113 Å². The van der Waals surface area contributed by atoms with E-state index in [9.17, 15) is 18.0 Å². The maximum Gasteiger partial charge on any atom is 0.573 e. The maximum atomic E-state index is 11.9. The Balaban J connectivity index is 2.58. The summed E-state index contributed by atoms with van der Waals surface area (Å²) < 4.78 is 39.5. The first-order valence-corrected chi connectivity index (χ1v) is 6.05. The molecule has 0 aliphatic rings. The highest BCUT2D eigenvalue weighted by Gasteiger charge is 2.31. The van der Waals surface area contributed by atoms with Crippen LogP contribution in [0.15, 0.2) is 24.3 Å². The van der Waals surface area contributed by atoms with Crippen molar-refractivity contribution in [2.24, 2.45) is 5.92 Å². The standard InChI is InChI=1S/C12H13ClF3NO2/c1-8(6-13)7-17-11(18)9-2-4-10(5-3-9)19-12(14,15)16/h2-5,8H,6-7H2,1H3,(H,17,18). The quantitative estimate of drug-likeness (QED) is 0.847. The molecule has 0 aliphatic carbocycles. The molecule has 0 radical (unpaired) electrons. The number of alkyl halides is 4. The van der Waals surface area contributed by atoms with Gasteiger partial charge in [-0.1, -0.05) is 6.92 Å². The van der Waals surface area contributed by atoms with E-state index in [1.165, 1.54) is 12.1 Å². The van der Waals surface area contributed by atoms with Gasteiger partial charge >= 0.3 is 6.36 Å². The van der Waals surface area contributed by atoms with Crippen LogP contribution in [0.1, 0.15) is 17.3 Å². The number of hydrogen-bond acceptors (Lipinski definition) is 2. The molecule has 0 bridgehead atoms. The molecule has 0 saturated carbocycles. The van der Waals surface area contributed by atoms with Gasteiger partial charge in [0.25, 0.3) is 5.91 Å². The molecule has 19 heavy (non-hydrogen) atoms. The lowest BCUT2D eigenvalue weighted by atomic mass is 10.2. The molecule has 7 heteroatoms. The summed E-state index contributed by atoms with van der Waals surface area (Å²) in [6.45, 7) is 2.27. The van der Waals surface area contributed by atoms with Crippen molar-refractivity contribution < 1.29 is 22.7 Å². The smallest absolute Gasteiger partial charge is 0.406 e. The Morgan fingerprint density at radius 3 is 2.42 bits per heavy atom. The zero-order chi connectivity index (χ0) is 14.5. The summed E-state index contributed by atoms with van der Waals surface area (Å²) in [4.78, 5) is 11.6. The average molecular weight is 296 g/mol. The highest BCUT2D eigenvalue weighted by atomic mass is 35.5. The van der Waals surface area contributed by atoms with Crippen molar-refractivity contribution in [2.45, 2.75) is 13.3 Å². The van der Waals surface area contributed by atoms with Gasteiger partial charge in [-0.05, 0) is 30.2 Å². The van der Waals surface area contributed by atoms with E-state index in [4.69, 9.17) is 11.6 Å². The molecule has 3 nitrogen and oxygen atoms in total. The summed E-state index contributed by atoms with van der Waals surface area (Å²) in [6.07, 6.45) is -4.74. The fraction of sp³-hybridized carbons (Fsp3) is 0.417. The Morgan fingerprint density at radius 1 is 1.37 bits per heavy atom. The Morgan fingerprint density at radius 2 is 1.95 bits per heavy atom. The topological polar surface area (TPSA) is 38.3 Å². The first-order chi connectivity index (χ1) is 8.81. The number of carbonyl (C=O) groups is 1. The van der Waals surface area contributed by atoms with Gasteiger partial charge in [0.05, 0.1) is 0 Å². The van der Waals surface area contributed by atoms with Gasteiger partial charge in [-0.25, -0.2) is 0 Å². The van der Waals surface area contributed by atoms with E-state index in [0.29, 0.717) is 12.4 Å². The van der Waals surface area contributed by atoms with Crippen LogP contribution < -0.4 is 10.1 Å². The van der Waals surface area contributed by atoms with Crippen LogP contribution in [0.5, 0.6) is 5.75 Å². The fourth-order valence-corrected chi connectivity index (χ4v) is 1.34. The normalized spacial score (nSPS) is 12.9. The molecule has 1 amide bonds. The molecule has 1 rings (SSSR count). The number of benzene rings is 1. The third-order valence-electron chi connectivity index (χ3n) is 2.22. The zero-order valence-corrected chi connectivity index (χ0v) is 10.9. The average Bonchev–Trinajstić information content (AvgIpc) is 2.34. The summed E-state index contributed by atoms with van der Waals surface area (Å²) in [6, 6.07) is 4.71. The Bertz CT molecular complexity index is 420. The van der Waals surface area contributed by atoms with E-state index < -0.39 is 6.36 Å². The van der Waals surface area contributed by atoms with E-state index in [0.717, 1.165) is 12.1 Å². The third-order valence-corrected chi connectivity index (χ3v) is 2.75. The summed E-state index contributed by atoms with van der Waals surface area (Å²) in [7, 11) is 0. The molecule has 0 spiro atoms. The second-order valence-electron chi connectivity index (χ2n) is 4.04. The molecular weight excluding hydrogens is 283 g/mol. The second-order valence-corrected chi connectivity index (χ2v) is 4.35. The van der Waals surface area contributed by atoms with Crippen LogP contribution in [0.3, 0.4) is 0 Å². The van der Waals surface area contributed by atoms with Crippen LogP contribution in [-0.2, 0) is 0 Å². The fourth-order valence-electron chi connectivity index (χ4n) is 1.23. The molecule has 1 atom stereocenters. The predicted octanol–water partition coefficient (Wildman–Crippen LogP) is 3.19. The second kappa shape index (κ2) is 6.65. The zero-order valence-electron chi connectivity index (χ0n) is 10.1. The van der Waals surface area contributed by atoms with Gasteiger partial charge in [0, 0.05) is 18.0 Å². The number of ether oxygens (including phenoxy) is 1. The largest absolute Gasteiger partial charge is 0.573 e. The molecule has 0 aliphatic heterocycles. The molecule has 1 aromatic rings. The van der Waals surface area contributed by atoms with Crippen molar-refractivity contribution in [1.29, 1.82) is 0 Å². The molecule has 1 N–H and O–H groups in total. The highest BCUT2D eigenvalue weighted by Crippen LogP contribution is 2.22. The van der Waals surface area contributed by atoms with E-state index in [1.54, 1.807) is 0 Å². The van der Waals surface area contributed by atoms with Crippen LogP contribution in [0, 0.1) is 5.92 Å². The van der Waals surface area contributed by atoms with Crippen LogP contribution in [-0.4, -0.2) is 24.7 Å². The molecule has 0 saturated heterocycles. The van der Waals surface area contributed by atoms with E-state index in [-0.39, 0.29) is 23.1 Å². The van der Waals surface area contributed by atoms with E-state index in [2.05, 4.69) is 10.1 Å². The van der Waals surface area contributed by atoms with Crippen molar-refractivity contribution in [1.82, 2.24) is 5.32 Å². The van der Waals surface area contributed by atoms with Gasteiger partial charge in [0.1, 0.15) is 5.75 Å². The van der Waals surface area contributed by atoms with Crippen LogP contribution in [0.25, 0.3) is 0 Å². The van der Waals surface area contributed by atoms with E-state index >= 15 is 0 Å². The van der Waals surface area contributed by atoms with Crippen LogP contribution >= 0.6 is 11.6 Å². The van der Waals surface area contributed by atoms with Gasteiger partial charge in [0.2, 0.25) is 0 Å². The van der Waals surface area contributed by atoms with Gasteiger partial charge in [-0.15, -0.1) is 24.8 Å². The number of nitrogens with one attached hydrogen (secondary N) is 1. The van der Waals surface area contributed by atoms with Gasteiger partial charge in [-0.3, -0.25) is 4.79 Å². The van der Waals surface area contributed by atoms with Crippen molar-refractivity contribution in [3.05, 3.63) is 29.8 Å². The first kappa shape index (κ1) is 15.6. The van der Waals surface area contributed by atoms with Gasteiger partial charge in [-0.2, -0.15) is 0 Å². The molecule has 1 unspecified atom stereocenters. The third kappa shape index (κ3) is 5.83. The van der Waals surface area contributed by atoms with Crippen molar-refractivity contribution in [3.63, 3.8) is 0 Å². The molecule has 0 fully saturated rings. The lowest BCUT2D eigenvalue weighted by Gasteiger charge is -2.11. The Kier molecular flexibility index (Phi) is 5.47. The lowest BCUT2D eigenvalue weighted by molar-refractivity contribution is -0.274. The molecule has 1 aromatic carbocycles. The van der Waals surface area contributed by atoms with Crippen LogP contribution in [0.2, 0.25) is 0 Å². The van der Waals surface area contributed by atoms with Gasteiger partial charge < -0.3 is 10.1 Å². The SMILES string of the molecule is CC(CCl)CNC(=O)c1ccc(OC(F)(F)F)cc1. The minimum absolute atomic E-state index is 0.124. The molecule has 106 valence electrons. The highest BCUT2D eigenvalue weighted by molar-refractivity contribution is 6.18. The number of carbonyl (C=O) groups excluding carboxylic acids is 1. The minimum Gasteiger partial charge on any atom is -0.406 e. The number of amides is 1. The Hall–Kier alpha value is -1.43. The van der Waals surface area contributed by atoms with Crippen molar-refractivity contribution in [3.8, 4) is 5.75 Å². The molecular formula is C12H13ClF3NO2. The lowest BCUT2D eigenvalue weighted by Crippen LogP contribution is -2.28. The summed E-state index contributed by atoms with van der Waals surface area (Å²) in [5.74, 6) is -0.189. The molecule has 0 heterocycles. The van der Waals surface area contributed by atoms with Crippen LogP contribution in [0.4, 0.5) is 13.2 Å². The number of halogens is 4. The summed E-state index contributed by atoms with van der Waals surface area (Å²) >= 11 is 5.59. The molecule has 0 aromatic heterocycles. The maximum absolute atomic E-state index is 11.9. The van der Waals surface area contributed by atoms with Crippen molar-refractivity contribution in [2.75, 3.05) is 12.4 Å². The van der Waals surface area contributed by atoms with E-state index in [1.807, 2.05) is 6.92 Å². The first-order valence-electron chi connectivity index (χ1n) is 5.52. The van der Waals surface area contributed by atoms with Gasteiger partial charge in [0.15, 0.2) is 0 Å². The minimum atomic E-state index is -4.74. The van der Waals surface area contributed by atoms with Crippen molar-refractivity contribution >= 4 is 17.5 Å². The monoisotopic (exact) mass is 295 g/mol. The number of hydrogen-bond donors (Lipinski definition) is 1. The predicted molar refractivity (Wildman–Crippen MR) is 65.3 cm³/mol. The summed E-state index contributed by atoms with van der Waals surface area (Å²) in [5.41, 5.74) is 0.260. The number of rotatable bonds is 5. The summed E-state index contributed by atoms with van der Waals surface area (Å²) in [5, 5.41) is 2.63.